The van der Waals surface area contributed by atoms with Gasteiger partial charge < -0.3 is 10.2 Å². The van der Waals surface area contributed by atoms with Gasteiger partial charge in [-0.3, -0.25) is 4.90 Å². The molecule has 0 spiro atoms. The lowest BCUT2D eigenvalue weighted by Crippen LogP contribution is -2.56. The lowest BCUT2D eigenvalue weighted by Gasteiger charge is -2.45. The lowest BCUT2D eigenvalue weighted by atomic mass is 9.92. The molecule has 84 valence electrons. The minimum atomic E-state index is -0.948. The summed E-state index contributed by atoms with van der Waals surface area (Å²) in [7, 11) is 0. The Balaban J connectivity index is 4.92. The Kier molecular flexibility index (Phi) is 3.94. The molecule has 0 atom stereocenters. The molecule has 0 heterocycles. The van der Waals surface area contributed by atoms with E-state index in [-0.39, 0.29) is 6.61 Å². The molecule has 2 N–H and O–H groups in total. The molecule has 0 rings (SSSR count). The van der Waals surface area contributed by atoms with Crippen molar-refractivity contribution in [2.45, 2.75) is 52.1 Å². The highest BCUT2D eigenvalue weighted by atomic mass is 16.4. The van der Waals surface area contributed by atoms with Crippen LogP contribution in [0.1, 0.15) is 41.0 Å². The molecular weight excluding hydrogens is 182 g/mol. The Bertz CT molecular complexity index is 206. The summed E-state index contributed by atoms with van der Waals surface area (Å²) < 4.78 is 0. The largest absolute Gasteiger partial charge is 0.465 e. The summed E-state index contributed by atoms with van der Waals surface area (Å²) in [5.74, 6) is 0. The Labute approximate surface area is 85.5 Å². The fraction of sp³-hybridized carbons (Fsp3) is 0.900. The summed E-state index contributed by atoms with van der Waals surface area (Å²) >= 11 is 0. The van der Waals surface area contributed by atoms with Crippen LogP contribution >= 0.6 is 0 Å². The summed E-state index contributed by atoms with van der Waals surface area (Å²) in [5, 5.41) is 18.0. The van der Waals surface area contributed by atoms with Crippen molar-refractivity contribution < 1.29 is 15.0 Å². The normalized spacial score (nSPS) is 12.7. The number of amides is 1. The smallest absolute Gasteiger partial charge is 0.408 e. The second kappa shape index (κ2) is 4.17. The number of hydrogen-bond acceptors (Lipinski definition) is 2. The molecule has 4 nitrogen and oxygen atoms in total. The molecule has 4 heteroatoms. The number of hydrogen-bond donors (Lipinski definition) is 2. The van der Waals surface area contributed by atoms with Gasteiger partial charge in [0, 0.05) is 17.7 Å². The molecular formula is C10H21NO3. The van der Waals surface area contributed by atoms with Gasteiger partial charge in [-0.2, -0.15) is 0 Å². The zero-order valence-corrected chi connectivity index (χ0v) is 9.66. The third kappa shape index (κ3) is 3.18. The monoisotopic (exact) mass is 203 g/mol. The standard InChI is InChI=1S/C10H21NO3/c1-9(2,3)11(8(13)14)10(4,5)6-7-12/h12H,6-7H2,1-5H3,(H,13,14). The van der Waals surface area contributed by atoms with Crippen molar-refractivity contribution in [3.05, 3.63) is 0 Å². The van der Waals surface area contributed by atoms with Crippen LogP contribution in [0.25, 0.3) is 0 Å². The average molecular weight is 203 g/mol. The van der Waals surface area contributed by atoms with E-state index in [1.54, 1.807) is 0 Å². The number of aliphatic hydroxyl groups is 1. The molecule has 0 radical (unpaired) electrons. The molecule has 1 amide bonds. The van der Waals surface area contributed by atoms with Crippen molar-refractivity contribution in [1.82, 2.24) is 4.90 Å². The maximum Gasteiger partial charge on any atom is 0.408 e. The van der Waals surface area contributed by atoms with Gasteiger partial charge in [0.1, 0.15) is 0 Å². The fourth-order valence-electron chi connectivity index (χ4n) is 1.84. The van der Waals surface area contributed by atoms with Crippen LogP contribution in [0.15, 0.2) is 0 Å². The van der Waals surface area contributed by atoms with Crippen molar-refractivity contribution in [2.24, 2.45) is 0 Å². The topological polar surface area (TPSA) is 60.8 Å². The first-order valence-electron chi connectivity index (χ1n) is 4.77. The SMILES string of the molecule is CC(C)(C)N(C(=O)O)C(C)(C)CCO. The molecule has 0 aliphatic heterocycles. The first-order chi connectivity index (χ1) is 6.13. The highest BCUT2D eigenvalue weighted by Gasteiger charge is 2.38. The minimum Gasteiger partial charge on any atom is -0.465 e. The zero-order valence-electron chi connectivity index (χ0n) is 9.66. The third-order valence-electron chi connectivity index (χ3n) is 2.19. The third-order valence-corrected chi connectivity index (χ3v) is 2.19. The number of rotatable bonds is 3. The van der Waals surface area contributed by atoms with E-state index in [4.69, 9.17) is 10.2 Å². The van der Waals surface area contributed by atoms with Gasteiger partial charge in [-0.15, -0.1) is 0 Å². The molecule has 0 aliphatic rings. The molecule has 14 heavy (non-hydrogen) atoms. The van der Waals surface area contributed by atoms with Crippen molar-refractivity contribution in [3.63, 3.8) is 0 Å². The Morgan fingerprint density at radius 2 is 1.64 bits per heavy atom. The van der Waals surface area contributed by atoms with Crippen LogP contribution in [-0.4, -0.2) is 38.9 Å². The molecule has 0 aromatic rings. The van der Waals surface area contributed by atoms with E-state index in [1.807, 2.05) is 34.6 Å². The van der Waals surface area contributed by atoms with Crippen molar-refractivity contribution >= 4 is 6.09 Å². The Morgan fingerprint density at radius 3 is 1.86 bits per heavy atom. The molecule has 0 aromatic heterocycles. The maximum absolute atomic E-state index is 11.1. The van der Waals surface area contributed by atoms with Crippen molar-refractivity contribution in [2.75, 3.05) is 6.61 Å². The number of aliphatic hydroxyl groups excluding tert-OH is 1. The Morgan fingerprint density at radius 1 is 1.21 bits per heavy atom. The van der Waals surface area contributed by atoms with Gasteiger partial charge in [-0.25, -0.2) is 4.79 Å². The molecule has 0 aromatic carbocycles. The summed E-state index contributed by atoms with van der Waals surface area (Å²) in [6.45, 7) is 9.18. The number of carbonyl (C=O) groups is 1. The first-order valence-corrected chi connectivity index (χ1v) is 4.77. The molecule has 0 bridgehead atoms. The summed E-state index contributed by atoms with van der Waals surface area (Å²) in [6.07, 6.45) is -0.507. The van der Waals surface area contributed by atoms with E-state index in [0.29, 0.717) is 6.42 Å². The summed E-state index contributed by atoms with van der Waals surface area (Å²) in [5.41, 5.74) is -0.997. The van der Waals surface area contributed by atoms with Crippen LogP contribution in [0, 0.1) is 0 Å². The van der Waals surface area contributed by atoms with E-state index in [9.17, 15) is 4.79 Å². The molecule has 0 saturated carbocycles. The molecule has 0 fully saturated rings. The van der Waals surface area contributed by atoms with E-state index in [2.05, 4.69) is 0 Å². The molecule has 0 unspecified atom stereocenters. The second-order valence-corrected chi connectivity index (χ2v) is 5.07. The number of nitrogens with zero attached hydrogens (tertiary/aromatic N) is 1. The van der Waals surface area contributed by atoms with Gasteiger partial charge in [0.15, 0.2) is 0 Å². The first kappa shape index (κ1) is 13.2. The van der Waals surface area contributed by atoms with Gasteiger partial charge in [0.2, 0.25) is 0 Å². The molecule has 0 aliphatic carbocycles. The quantitative estimate of drug-likeness (QED) is 0.736. The van der Waals surface area contributed by atoms with Crippen LogP contribution in [0.4, 0.5) is 4.79 Å². The van der Waals surface area contributed by atoms with Crippen LogP contribution in [0.2, 0.25) is 0 Å². The van der Waals surface area contributed by atoms with Crippen molar-refractivity contribution in [1.29, 1.82) is 0 Å². The second-order valence-electron chi connectivity index (χ2n) is 5.07. The van der Waals surface area contributed by atoms with E-state index in [1.165, 1.54) is 4.90 Å². The van der Waals surface area contributed by atoms with E-state index < -0.39 is 17.2 Å². The fourth-order valence-corrected chi connectivity index (χ4v) is 1.84. The predicted molar refractivity (Wildman–Crippen MR) is 55.4 cm³/mol. The highest BCUT2D eigenvalue weighted by molar-refractivity contribution is 5.67. The van der Waals surface area contributed by atoms with E-state index in [0.717, 1.165) is 0 Å². The van der Waals surface area contributed by atoms with Gasteiger partial charge in [0.25, 0.3) is 0 Å². The van der Waals surface area contributed by atoms with Crippen LogP contribution in [0.3, 0.4) is 0 Å². The van der Waals surface area contributed by atoms with Crippen molar-refractivity contribution in [3.8, 4) is 0 Å². The summed E-state index contributed by atoms with van der Waals surface area (Å²) in [4.78, 5) is 12.5. The number of carboxylic acid groups (broad SMARTS) is 1. The maximum atomic E-state index is 11.1. The molecule has 0 saturated heterocycles. The van der Waals surface area contributed by atoms with Gasteiger partial charge >= 0.3 is 6.09 Å². The van der Waals surface area contributed by atoms with Gasteiger partial charge in [-0.1, -0.05) is 0 Å². The zero-order chi connectivity index (χ0) is 11.6. The average Bonchev–Trinajstić information content (AvgIpc) is 1.78. The predicted octanol–water partition coefficient (Wildman–Crippen LogP) is 1.93. The van der Waals surface area contributed by atoms with Crippen LogP contribution in [-0.2, 0) is 0 Å². The van der Waals surface area contributed by atoms with Gasteiger partial charge in [0.05, 0.1) is 0 Å². The summed E-state index contributed by atoms with van der Waals surface area (Å²) in [6, 6.07) is 0. The Hall–Kier alpha value is -0.770. The van der Waals surface area contributed by atoms with Crippen LogP contribution in [0.5, 0.6) is 0 Å². The lowest BCUT2D eigenvalue weighted by molar-refractivity contribution is 0.0214. The van der Waals surface area contributed by atoms with E-state index >= 15 is 0 Å². The highest BCUT2D eigenvalue weighted by Crippen LogP contribution is 2.27. The van der Waals surface area contributed by atoms with Crippen LogP contribution < -0.4 is 0 Å². The minimum absolute atomic E-state index is 0.00708. The van der Waals surface area contributed by atoms with Gasteiger partial charge in [-0.05, 0) is 41.0 Å².